The fourth-order valence-electron chi connectivity index (χ4n) is 1.90. The summed E-state index contributed by atoms with van der Waals surface area (Å²) >= 11 is 0. The van der Waals surface area contributed by atoms with Crippen molar-refractivity contribution in [2.75, 3.05) is 13.2 Å². The third-order valence-electron chi connectivity index (χ3n) is 2.99. The second-order valence-electron chi connectivity index (χ2n) is 4.33. The Balaban J connectivity index is 3.13. The van der Waals surface area contributed by atoms with E-state index in [1.54, 1.807) is 0 Å². The van der Waals surface area contributed by atoms with Gasteiger partial charge < -0.3 is 40.1 Å². The summed E-state index contributed by atoms with van der Waals surface area (Å²) in [5, 5.41) is 56.7. The van der Waals surface area contributed by atoms with Gasteiger partial charge in [-0.15, -0.1) is 6.58 Å². The zero-order chi connectivity index (χ0) is 15.5. The summed E-state index contributed by atoms with van der Waals surface area (Å²) in [6, 6.07) is 0. The molecule has 6 atom stereocenters. The topological polar surface area (TPSA) is 157 Å². The number of aliphatic hydroxyl groups excluding tert-OH is 5. The first-order valence-corrected chi connectivity index (χ1v) is 5.81. The number of aliphatic hydroxyl groups is 5. The molecule has 1 rings (SSSR count). The average molecular weight is 294 g/mol. The monoisotopic (exact) mass is 294 g/mol. The number of aliphatic carboxylic acids is 1. The van der Waals surface area contributed by atoms with Crippen LogP contribution in [0.4, 0.5) is 0 Å². The molecule has 20 heavy (non-hydrogen) atoms. The molecule has 1 saturated heterocycles. The highest BCUT2D eigenvalue weighted by atomic mass is 16.7. The molecule has 1 heterocycles. The molecule has 0 amide bonds. The van der Waals surface area contributed by atoms with E-state index in [0.29, 0.717) is 0 Å². The van der Waals surface area contributed by atoms with Crippen molar-refractivity contribution in [2.24, 2.45) is 0 Å². The largest absolute Gasteiger partial charge is 0.477 e. The van der Waals surface area contributed by atoms with E-state index in [-0.39, 0.29) is 6.61 Å². The summed E-state index contributed by atoms with van der Waals surface area (Å²) in [4.78, 5) is 11.3. The number of rotatable bonds is 6. The lowest BCUT2D eigenvalue weighted by Crippen LogP contribution is -2.70. The third kappa shape index (κ3) is 2.83. The smallest absolute Gasteiger partial charge is 0.367 e. The van der Waals surface area contributed by atoms with Crippen LogP contribution in [0.25, 0.3) is 0 Å². The minimum Gasteiger partial charge on any atom is -0.477 e. The van der Waals surface area contributed by atoms with Crippen LogP contribution >= 0.6 is 0 Å². The van der Waals surface area contributed by atoms with Gasteiger partial charge in [0.1, 0.15) is 30.5 Å². The maximum absolute atomic E-state index is 11.3. The van der Waals surface area contributed by atoms with Crippen LogP contribution < -0.4 is 0 Å². The summed E-state index contributed by atoms with van der Waals surface area (Å²) in [6.07, 6.45) is -7.98. The van der Waals surface area contributed by atoms with Gasteiger partial charge in [-0.3, -0.25) is 0 Å². The van der Waals surface area contributed by atoms with Crippen LogP contribution in [-0.2, 0) is 14.3 Å². The fourth-order valence-corrected chi connectivity index (χ4v) is 1.90. The number of carboxylic acids is 1. The maximum atomic E-state index is 11.3. The second kappa shape index (κ2) is 6.59. The number of carbonyl (C=O) groups is 1. The molecule has 0 aromatic rings. The minimum atomic E-state index is -2.69. The molecule has 0 aromatic carbocycles. The highest BCUT2D eigenvalue weighted by Gasteiger charge is 2.60. The van der Waals surface area contributed by atoms with Crippen molar-refractivity contribution in [1.29, 1.82) is 0 Å². The van der Waals surface area contributed by atoms with Gasteiger partial charge in [-0.2, -0.15) is 0 Å². The van der Waals surface area contributed by atoms with Gasteiger partial charge in [0, 0.05) is 0 Å². The van der Waals surface area contributed by atoms with Gasteiger partial charge in [0.05, 0.1) is 13.2 Å². The van der Waals surface area contributed by atoms with Gasteiger partial charge in [-0.05, 0) is 0 Å². The van der Waals surface area contributed by atoms with Gasteiger partial charge in [-0.1, -0.05) is 6.08 Å². The van der Waals surface area contributed by atoms with Gasteiger partial charge >= 0.3 is 5.97 Å². The van der Waals surface area contributed by atoms with Crippen LogP contribution in [-0.4, -0.2) is 86.1 Å². The van der Waals surface area contributed by atoms with Crippen LogP contribution in [0.2, 0.25) is 0 Å². The number of hydrogen-bond acceptors (Lipinski definition) is 8. The van der Waals surface area contributed by atoms with Gasteiger partial charge in [0.2, 0.25) is 0 Å². The third-order valence-corrected chi connectivity index (χ3v) is 2.99. The lowest BCUT2D eigenvalue weighted by molar-refractivity contribution is -0.357. The molecule has 116 valence electrons. The fraction of sp³-hybridized carbons (Fsp3) is 0.727. The van der Waals surface area contributed by atoms with E-state index in [4.69, 9.17) is 14.6 Å². The second-order valence-corrected chi connectivity index (χ2v) is 4.33. The van der Waals surface area contributed by atoms with Crippen molar-refractivity contribution in [2.45, 2.75) is 36.3 Å². The van der Waals surface area contributed by atoms with E-state index in [1.165, 1.54) is 6.08 Å². The average Bonchev–Trinajstić information content (AvgIpc) is 2.43. The lowest BCUT2D eigenvalue weighted by Gasteiger charge is -2.46. The number of hydrogen-bond donors (Lipinski definition) is 6. The summed E-state index contributed by atoms with van der Waals surface area (Å²) in [5.41, 5.74) is 0. The van der Waals surface area contributed by atoms with Crippen LogP contribution in [0.5, 0.6) is 0 Å². The van der Waals surface area contributed by atoms with Gasteiger partial charge in [0.15, 0.2) is 0 Å². The Morgan fingerprint density at radius 2 is 2.00 bits per heavy atom. The van der Waals surface area contributed by atoms with Crippen molar-refractivity contribution >= 4 is 5.97 Å². The van der Waals surface area contributed by atoms with Gasteiger partial charge in [0.25, 0.3) is 5.79 Å². The Morgan fingerprint density at radius 1 is 1.40 bits per heavy atom. The maximum Gasteiger partial charge on any atom is 0.367 e. The molecule has 0 spiro atoms. The molecule has 0 aliphatic carbocycles. The molecule has 0 bridgehead atoms. The normalized spacial score (nSPS) is 39.2. The summed E-state index contributed by atoms with van der Waals surface area (Å²) < 4.78 is 9.83. The zero-order valence-electron chi connectivity index (χ0n) is 10.5. The van der Waals surface area contributed by atoms with Gasteiger partial charge in [-0.25, -0.2) is 4.79 Å². The van der Waals surface area contributed by atoms with Crippen molar-refractivity contribution in [3.63, 3.8) is 0 Å². The first kappa shape index (κ1) is 17.0. The van der Waals surface area contributed by atoms with Crippen LogP contribution in [0.1, 0.15) is 0 Å². The Kier molecular flexibility index (Phi) is 5.59. The molecule has 9 nitrogen and oxygen atoms in total. The summed E-state index contributed by atoms with van der Waals surface area (Å²) in [7, 11) is 0. The highest BCUT2D eigenvalue weighted by molar-refractivity contribution is 5.77. The molecule has 1 aliphatic heterocycles. The molecular formula is C11H18O9. The zero-order valence-corrected chi connectivity index (χ0v) is 10.5. The number of ether oxygens (including phenoxy) is 2. The molecular weight excluding hydrogens is 276 g/mol. The van der Waals surface area contributed by atoms with E-state index >= 15 is 0 Å². The molecule has 1 aliphatic rings. The van der Waals surface area contributed by atoms with E-state index in [1.807, 2.05) is 0 Å². The Bertz CT molecular complexity index is 360. The summed E-state index contributed by atoms with van der Waals surface area (Å²) in [6.45, 7) is 2.14. The molecule has 9 heteroatoms. The number of carboxylic acid groups (broad SMARTS) is 1. The SMILES string of the molecule is C=CCO[C@@]1(C(=O)O)O[C@H]([C@H](O)CO)[C@H](O)[C@H](O)[C@@H]1O. The Hall–Kier alpha value is -1.07. The predicted octanol–water partition coefficient (Wildman–Crippen LogP) is -3.20. The van der Waals surface area contributed by atoms with E-state index in [2.05, 4.69) is 6.58 Å². The Labute approximate surface area is 114 Å². The van der Waals surface area contributed by atoms with Crippen LogP contribution in [0.3, 0.4) is 0 Å². The first-order chi connectivity index (χ1) is 9.31. The standard InChI is InChI=1S/C11H18O9/c1-2-3-19-11(10(17)18)9(16)7(15)6(14)8(20-11)5(13)4-12/h2,5-9,12-16H,1,3-4H2,(H,17,18)/t5-,6-,7+,8-,9+,11-/m1/s1. The molecule has 6 N–H and O–H groups in total. The van der Waals surface area contributed by atoms with Crippen molar-refractivity contribution in [3.8, 4) is 0 Å². The highest BCUT2D eigenvalue weighted by Crippen LogP contribution is 2.33. The first-order valence-electron chi connectivity index (χ1n) is 5.81. The van der Waals surface area contributed by atoms with E-state index in [9.17, 15) is 30.3 Å². The van der Waals surface area contributed by atoms with Crippen molar-refractivity contribution in [1.82, 2.24) is 0 Å². The lowest BCUT2D eigenvalue weighted by atomic mass is 9.90. The van der Waals surface area contributed by atoms with E-state index in [0.717, 1.165) is 0 Å². The van der Waals surface area contributed by atoms with E-state index < -0.39 is 48.9 Å². The molecule has 1 fully saturated rings. The quantitative estimate of drug-likeness (QED) is 0.278. The predicted molar refractivity (Wildman–Crippen MR) is 62.5 cm³/mol. The molecule has 0 aromatic heterocycles. The molecule has 0 unspecified atom stereocenters. The minimum absolute atomic E-state index is 0.325. The summed E-state index contributed by atoms with van der Waals surface area (Å²) in [5.74, 6) is -4.44. The molecule has 0 saturated carbocycles. The van der Waals surface area contributed by atoms with Crippen molar-refractivity contribution in [3.05, 3.63) is 12.7 Å². The van der Waals surface area contributed by atoms with Crippen LogP contribution in [0, 0.1) is 0 Å². The Morgan fingerprint density at radius 3 is 2.45 bits per heavy atom. The molecule has 0 radical (unpaired) electrons. The van der Waals surface area contributed by atoms with Crippen LogP contribution in [0.15, 0.2) is 12.7 Å². The van der Waals surface area contributed by atoms with Crippen molar-refractivity contribution < 1.29 is 44.9 Å².